The summed E-state index contributed by atoms with van der Waals surface area (Å²) in [4.78, 5) is 50.4. The molecule has 1 heterocycles. The molecule has 0 radical (unpaired) electrons. The van der Waals surface area contributed by atoms with E-state index in [1.807, 2.05) is 0 Å². The minimum atomic E-state index is -1.43. The lowest BCUT2D eigenvalue weighted by atomic mass is 9.93. The Morgan fingerprint density at radius 3 is 2.42 bits per heavy atom. The molecule has 1 aromatic rings. The van der Waals surface area contributed by atoms with E-state index in [1.165, 1.54) is 7.11 Å². The lowest BCUT2D eigenvalue weighted by Crippen LogP contribution is -2.60. The molecule has 0 aromatic heterocycles. The van der Waals surface area contributed by atoms with Crippen molar-refractivity contribution in [2.45, 2.75) is 31.8 Å². The molecule has 1 aliphatic heterocycles. The third kappa shape index (κ3) is 3.45. The summed E-state index contributed by atoms with van der Waals surface area (Å²) in [7, 11) is 1.20. The molecular formula is C17H19NO6. The van der Waals surface area contributed by atoms with Crippen LogP contribution in [0.2, 0.25) is 0 Å². The Hall–Kier alpha value is -2.70. The van der Waals surface area contributed by atoms with Gasteiger partial charge in [-0.15, -0.1) is 0 Å². The average Bonchev–Trinajstić information content (AvgIpc) is 2.61. The molecule has 0 aliphatic carbocycles. The van der Waals surface area contributed by atoms with Crippen molar-refractivity contribution in [3.05, 3.63) is 35.9 Å². The number of esters is 2. The van der Waals surface area contributed by atoms with Gasteiger partial charge in [-0.25, -0.2) is 9.59 Å². The highest BCUT2D eigenvalue weighted by molar-refractivity contribution is 6.10. The van der Waals surface area contributed by atoms with Crippen LogP contribution in [0.15, 0.2) is 30.3 Å². The topological polar surface area (TPSA) is 90.0 Å². The molecule has 0 saturated carbocycles. The Labute approximate surface area is 139 Å². The first-order valence-corrected chi connectivity index (χ1v) is 7.66. The maximum atomic E-state index is 12.9. The van der Waals surface area contributed by atoms with Gasteiger partial charge in [0, 0.05) is 12.0 Å². The number of ketones is 1. The Kier molecular flexibility index (Phi) is 5.68. The summed E-state index contributed by atoms with van der Waals surface area (Å²) in [6, 6.07) is 5.72. The summed E-state index contributed by atoms with van der Waals surface area (Å²) in [5.74, 6) is -2.53. The number of rotatable bonds is 4. The highest BCUT2D eigenvalue weighted by atomic mass is 16.5. The highest BCUT2D eigenvalue weighted by Crippen LogP contribution is 2.25. The molecule has 2 unspecified atom stereocenters. The van der Waals surface area contributed by atoms with Crippen molar-refractivity contribution in [2.75, 3.05) is 13.7 Å². The molecule has 1 aliphatic rings. The lowest BCUT2D eigenvalue weighted by molar-refractivity contribution is -0.159. The van der Waals surface area contributed by atoms with E-state index in [2.05, 4.69) is 0 Å². The van der Waals surface area contributed by atoms with Gasteiger partial charge in [-0.05, 0) is 25.5 Å². The first-order valence-electron chi connectivity index (χ1n) is 7.66. The summed E-state index contributed by atoms with van der Waals surface area (Å²) in [6.07, 6.45) is 0.113. The maximum Gasteiger partial charge on any atom is 0.336 e. The van der Waals surface area contributed by atoms with E-state index < -0.39 is 35.7 Å². The summed E-state index contributed by atoms with van der Waals surface area (Å²) in [5, 5.41) is 0. The molecule has 7 heteroatoms. The smallest absolute Gasteiger partial charge is 0.336 e. The minimum absolute atomic E-state index is 0.00180. The fourth-order valence-corrected chi connectivity index (χ4v) is 2.71. The zero-order chi connectivity index (χ0) is 17.7. The molecule has 128 valence electrons. The largest absolute Gasteiger partial charge is 0.467 e. The van der Waals surface area contributed by atoms with Gasteiger partial charge in [0.05, 0.1) is 13.7 Å². The average molecular weight is 333 g/mol. The van der Waals surface area contributed by atoms with E-state index in [1.54, 1.807) is 37.3 Å². The molecule has 24 heavy (non-hydrogen) atoms. The Bertz CT molecular complexity index is 642. The van der Waals surface area contributed by atoms with E-state index in [-0.39, 0.29) is 25.0 Å². The van der Waals surface area contributed by atoms with E-state index in [9.17, 15) is 19.2 Å². The number of ether oxygens (including phenoxy) is 2. The van der Waals surface area contributed by atoms with Gasteiger partial charge in [0.2, 0.25) is 0 Å². The molecule has 2 rings (SSSR count). The van der Waals surface area contributed by atoms with Crippen LogP contribution in [0.4, 0.5) is 0 Å². The second kappa shape index (κ2) is 7.72. The van der Waals surface area contributed by atoms with Crippen molar-refractivity contribution < 1.29 is 28.7 Å². The van der Waals surface area contributed by atoms with Gasteiger partial charge in [-0.1, -0.05) is 18.2 Å². The number of amides is 1. The van der Waals surface area contributed by atoms with Crippen LogP contribution in [0.25, 0.3) is 0 Å². The number of carbonyl (C=O) groups excluding carboxylic acids is 4. The SMILES string of the molecule is CCOC(=O)C1C(=O)CCC(C(=O)OC)N1C(=O)c1ccccc1. The molecule has 1 aromatic carbocycles. The van der Waals surface area contributed by atoms with E-state index in [0.717, 1.165) is 4.90 Å². The first-order chi connectivity index (χ1) is 11.5. The zero-order valence-corrected chi connectivity index (χ0v) is 13.6. The Morgan fingerprint density at radius 1 is 1.17 bits per heavy atom. The predicted octanol–water partition coefficient (Wildman–Crippen LogP) is 0.965. The standard InChI is InChI=1S/C17H19NO6/c1-3-24-17(22)14-13(19)10-9-12(16(21)23-2)18(14)15(20)11-7-5-4-6-8-11/h4-8,12,14H,3,9-10H2,1-2H3. The van der Waals surface area contributed by atoms with Crippen LogP contribution in [0, 0.1) is 0 Å². The highest BCUT2D eigenvalue weighted by Gasteiger charge is 2.47. The van der Waals surface area contributed by atoms with Gasteiger partial charge < -0.3 is 14.4 Å². The zero-order valence-electron chi connectivity index (χ0n) is 13.6. The normalized spacial score (nSPS) is 20.4. The number of benzene rings is 1. The predicted molar refractivity (Wildman–Crippen MR) is 83.1 cm³/mol. The fraction of sp³-hybridized carbons (Fsp3) is 0.412. The van der Waals surface area contributed by atoms with Gasteiger partial charge in [-0.3, -0.25) is 9.59 Å². The van der Waals surface area contributed by atoms with Crippen molar-refractivity contribution in [2.24, 2.45) is 0 Å². The fourth-order valence-electron chi connectivity index (χ4n) is 2.71. The van der Waals surface area contributed by atoms with Gasteiger partial charge in [0.1, 0.15) is 6.04 Å². The van der Waals surface area contributed by atoms with Crippen LogP contribution in [0.3, 0.4) is 0 Å². The summed E-state index contributed by atoms with van der Waals surface area (Å²) in [6.45, 7) is 1.67. The van der Waals surface area contributed by atoms with Crippen LogP contribution in [0.1, 0.15) is 30.1 Å². The van der Waals surface area contributed by atoms with Crippen molar-refractivity contribution >= 4 is 23.6 Å². The van der Waals surface area contributed by atoms with E-state index in [4.69, 9.17) is 9.47 Å². The first kappa shape index (κ1) is 17.7. The number of hydrogen-bond acceptors (Lipinski definition) is 6. The number of Topliss-reactive ketones (excluding diaryl/α,β-unsaturated/α-hetero) is 1. The Morgan fingerprint density at radius 2 is 1.83 bits per heavy atom. The molecule has 0 N–H and O–H groups in total. The van der Waals surface area contributed by atoms with Crippen molar-refractivity contribution in [1.82, 2.24) is 4.90 Å². The molecule has 1 saturated heterocycles. The molecule has 1 amide bonds. The number of nitrogens with zero attached hydrogens (tertiary/aromatic N) is 1. The van der Waals surface area contributed by atoms with Gasteiger partial charge in [-0.2, -0.15) is 0 Å². The number of carbonyl (C=O) groups is 4. The molecule has 1 fully saturated rings. The second-order valence-electron chi connectivity index (χ2n) is 5.28. The third-order valence-corrected chi connectivity index (χ3v) is 3.82. The number of methoxy groups -OCH3 is 1. The van der Waals surface area contributed by atoms with Crippen LogP contribution in [-0.4, -0.2) is 54.3 Å². The third-order valence-electron chi connectivity index (χ3n) is 3.82. The molecule has 2 atom stereocenters. The quantitative estimate of drug-likeness (QED) is 0.602. The second-order valence-corrected chi connectivity index (χ2v) is 5.28. The van der Waals surface area contributed by atoms with Crippen LogP contribution in [0.5, 0.6) is 0 Å². The van der Waals surface area contributed by atoms with Crippen LogP contribution in [-0.2, 0) is 23.9 Å². The van der Waals surface area contributed by atoms with E-state index in [0.29, 0.717) is 0 Å². The van der Waals surface area contributed by atoms with Crippen molar-refractivity contribution in [1.29, 1.82) is 0 Å². The van der Waals surface area contributed by atoms with Crippen LogP contribution >= 0.6 is 0 Å². The van der Waals surface area contributed by atoms with E-state index >= 15 is 0 Å². The lowest BCUT2D eigenvalue weighted by Gasteiger charge is -2.38. The van der Waals surface area contributed by atoms with Gasteiger partial charge in [0.25, 0.3) is 5.91 Å². The molecule has 0 bridgehead atoms. The monoisotopic (exact) mass is 333 g/mol. The van der Waals surface area contributed by atoms with Crippen molar-refractivity contribution in [3.8, 4) is 0 Å². The Balaban J connectivity index is 2.45. The van der Waals surface area contributed by atoms with Gasteiger partial charge in [0.15, 0.2) is 11.8 Å². The van der Waals surface area contributed by atoms with Crippen molar-refractivity contribution in [3.63, 3.8) is 0 Å². The summed E-state index contributed by atoms with van der Waals surface area (Å²) < 4.78 is 9.66. The van der Waals surface area contributed by atoms with Gasteiger partial charge >= 0.3 is 11.9 Å². The number of piperidine rings is 1. The minimum Gasteiger partial charge on any atom is -0.467 e. The van der Waals surface area contributed by atoms with Crippen LogP contribution < -0.4 is 0 Å². The number of likely N-dealkylation sites (tertiary alicyclic amines) is 1. The molecule has 0 spiro atoms. The molecule has 7 nitrogen and oxygen atoms in total. The maximum absolute atomic E-state index is 12.9. The molecular weight excluding hydrogens is 314 g/mol. The number of hydrogen-bond donors (Lipinski definition) is 0. The summed E-state index contributed by atoms with van der Waals surface area (Å²) >= 11 is 0. The summed E-state index contributed by atoms with van der Waals surface area (Å²) in [5.41, 5.74) is 0.274.